The van der Waals surface area contributed by atoms with Crippen LogP contribution in [-0.2, 0) is 14.9 Å². The molecule has 0 fully saturated rings. The van der Waals surface area contributed by atoms with Crippen molar-refractivity contribution in [3.8, 4) is 0 Å². The van der Waals surface area contributed by atoms with Crippen LogP contribution in [0.1, 0.15) is 34.6 Å². The normalized spacial score (nSPS) is 12.6. The SMILES string of the molecule is CCN(CC)S(=O)(=O)NC(=O)OC(C)(C)C. The minimum atomic E-state index is -3.79. The van der Waals surface area contributed by atoms with Gasteiger partial charge in [0.15, 0.2) is 0 Å². The van der Waals surface area contributed by atoms with E-state index < -0.39 is 21.9 Å². The Morgan fingerprint density at radius 2 is 1.69 bits per heavy atom. The molecule has 0 spiro atoms. The van der Waals surface area contributed by atoms with E-state index in [-0.39, 0.29) is 0 Å². The van der Waals surface area contributed by atoms with Gasteiger partial charge >= 0.3 is 16.3 Å². The van der Waals surface area contributed by atoms with Crippen LogP contribution in [0.3, 0.4) is 0 Å². The fourth-order valence-electron chi connectivity index (χ4n) is 1.03. The van der Waals surface area contributed by atoms with Crippen LogP contribution in [0.25, 0.3) is 0 Å². The summed E-state index contributed by atoms with van der Waals surface area (Å²) in [5.74, 6) is 0. The highest BCUT2D eigenvalue weighted by molar-refractivity contribution is 7.87. The monoisotopic (exact) mass is 252 g/mol. The van der Waals surface area contributed by atoms with Crippen molar-refractivity contribution in [2.45, 2.75) is 40.2 Å². The number of hydrogen-bond donors (Lipinski definition) is 1. The van der Waals surface area contributed by atoms with Crippen molar-refractivity contribution in [2.75, 3.05) is 13.1 Å². The van der Waals surface area contributed by atoms with Crippen molar-refractivity contribution < 1.29 is 17.9 Å². The average molecular weight is 252 g/mol. The van der Waals surface area contributed by atoms with Gasteiger partial charge in [0, 0.05) is 13.1 Å². The molecule has 0 aliphatic heterocycles. The fraction of sp³-hybridized carbons (Fsp3) is 0.889. The van der Waals surface area contributed by atoms with Crippen LogP contribution in [0.15, 0.2) is 0 Å². The van der Waals surface area contributed by atoms with Crippen LogP contribution < -0.4 is 4.72 Å². The maximum atomic E-state index is 11.6. The highest BCUT2D eigenvalue weighted by atomic mass is 32.2. The average Bonchev–Trinajstić information content (AvgIpc) is 1.99. The summed E-state index contributed by atoms with van der Waals surface area (Å²) >= 11 is 0. The molecule has 0 saturated heterocycles. The third-order valence-corrected chi connectivity index (χ3v) is 3.28. The van der Waals surface area contributed by atoms with Crippen LogP contribution in [-0.4, -0.2) is 37.5 Å². The zero-order chi connectivity index (χ0) is 13.0. The number of nitrogens with one attached hydrogen (secondary N) is 1. The van der Waals surface area contributed by atoms with Crippen molar-refractivity contribution in [3.05, 3.63) is 0 Å². The fourth-order valence-corrected chi connectivity index (χ4v) is 2.09. The molecule has 0 radical (unpaired) electrons. The second-order valence-electron chi connectivity index (χ2n) is 4.19. The van der Waals surface area contributed by atoms with Crippen molar-refractivity contribution in [1.82, 2.24) is 9.03 Å². The number of carbonyl (C=O) groups is 1. The van der Waals surface area contributed by atoms with Gasteiger partial charge < -0.3 is 4.74 Å². The minimum absolute atomic E-state index is 0.300. The van der Waals surface area contributed by atoms with E-state index in [1.807, 2.05) is 4.72 Å². The first kappa shape index (κ1) is 15.2. The molecule has 0 aromatic heterocycles. The lowest BCUT2D eigenvalue weighted by atomic mass is 10.2. The molecular weight excluding hydrogens is 232 g/mol. The first-order chi connectivity index (χ1) is 7.12. The molecule has 0 aliphatic carbocycles. The van der Waals surface area contributed by atoms with Crippen molar-refractivity contribution in [1.29, 1.82) is 0 Å². The van der Waals surface area contributed by atoms with Crippen LogP contribution in [0, 0.1) is 0 Å². The number of hydrogen-bond acceptors (Lipinski definition) is 4. The summed E-state index contributed by atoms with van der Waals surface area (Å²) in [6.07, 6.45) is -0.959. The van der Waals surface area contributed by atoms with Gasteiger partial charge in [-0.1, -0.05) is 13.8 Å². The van der Waals surface area contributed by atoms with Crippen LogP contribution in [0.2, 0.25) is 0 Å². The first-order valence-corrected chi connectivity index (χ1v) is 6.57. The van der Waals surface area contributed by atoms with E-state index in [0.717, 1.165) is 4.31 Å². The lowest BCUT2D eigenvalue weighted by Gasteiger charge is -2.22. The van der Waals surface area contributed by atoms with Gasteiger partial charge in [0.2, 0.25) is 0 Å². The Morgan fingerprint density at radius 1 is 1.25 bits per heavy atom. The molecule has 0 rings (SSSR count). The second kappa shape index (κ2) is 5.49. The molecule has 16 heavy (non-hydrogen) atoms. The Bertz CT molecular complexity index is 328. The third kappa shape index (κ3) is 5.32. The Kier molecular flexibility index (Phi) is 5.21. The standard InChI is InChI=1S/C9H20N2O4S/c1-6-11(7-2)16(13,14)10-8(12)15-9(3,4)5/h6-7H2,1-5H3,(H,10,12). The molecule has 1 N–H and O–H groups in total. The predicted molar refractivity (Wildman–Crippen MR) is 61.2 cm³/mol. The molecule has 0 aromatic carbocycles. The Balaban J connectivity index is 4.55. The van der Waals surface area contributed by atoms with E-state index in [1.54, 1.807) is 34.6 Å². The molecule has 0 heterocycles. The van der Waals surface area contributed by atoms with Crippen LogP contribution >= 0.6 is 0 Å². The van der Waals surface area contributed by atoms with Gasteiger partial charge in [-0.2, -0.15) is 12.7 Å². The minimum Gasteiger partial charge on any atom is -0.443 e. The lowest BCUT2D eigenvalue weighted by molar-refractivity contribution is 0.0567. The summed E-state index contributed by atoms with van der Waals surface area (Å²) < 4.78 is 31.1. The lowest BCUT2D eigenvalue weighted by Crippen LogP contribution is -2.45. The largest absolute Gasteiger partial charge is 0.443 e. The number of ether oxygens (including phenoxy) is 1. The Morgan fingerprint density at radius 3 is 2.00 bits per heavy atom. The zero-order valence-electron chi connectivity index (χ0n) is 10.4. The molecule has 6 nitrogen and oxygen atoms in total. The highest BCUT2D eigenvalue weighted by Crippen LogP contribution is 2.07. The van der Waals surface area contributed by atoms with E-state index in [4.69, 9.17) is 4.74 Å². The topological polar surface area (TPSA) is 75.7 Å². The summed E-state index contributed by atoms with van der Waals surface area (Å²) in [5.41, 5.74) is -0.719. The van der Waals surface area contributed by atoms with Gasteiger partial charge in [0.25, 0.3) is 0 Å². The summed E-state index contributed by atoms with van der Waals surface area (Å²) in [5, 5.41) is 0. The summed E-state index contributed by atoms with van der Waals surface area (Å²) in [4.78, 5) is 11.3. The van der Waals surface area contributed by atoms with Crippen LogP contribution in [0.5, 0.6) is 0 Å². The molecule has 7 heteroatoms. The van der Waals surface area contributed by atoms with Gasteiger partial charge in [-0.05, 0) is 20.8 Å². The molecule has 96 valence electrons. The molecule has 0 unspecified atom stereocenters. The molecule has 0 aliphatic rings. The van der Waals surface area contributed by atoms with Gasteiger partial charge in [-0.3, -0.25) is 0 Å². The summed E-state index contributed by atoms with van der Waals surface area (Å²) in [6, 6.07) is 0. The zero-order valence-corrected chi connectivity index (χ0v) is 11.2. The summed E-state index contributed by atoms with van der Waals surface area (Å²) in [6.45, 7) is 8.97. The summed E-state index contributed by atoms with van der Waals surface area (Å²) in [7, 11) is -3.79. The number of nitrogens with zero attached hydrogens (tertiary/aromatic N) is 1. The predicted octanol–water partition coefficient (Wildman–Crippen LogP) is 1.10. The Labute approximate surface area is 97.1 Å². The van der Waals surface area contributed by atoms with Crippen molar-refractivity contribution in [3.63, 3.8) is 0 Å². The maximum absolute atomic E-state index is 11.6. The molecule has 0 aromatic rings. The van der Waals surface area contributed by atoms with Crippen molar-refractivity contribution >= 4 is 16.3 Å². The quantitative estimate of drug-likeness (QED) is 0.813. The maximum Gasteiger partial charge on any atom is 0.422 e. The molecule has 0 saturated carbocycles. The van der Waals surface area contributed by atoms with E-state index in [9.17, 15) is 13.2 Å². The van der Waals surface area contributed by atoms with Gasteiger partial charge in [0.05, 0.1) is 0 Å². The second-order valence-corrected chi connectivity index (χ2v) is 5.86. The van der Waals surface area contributed by atoms with E-state index >= 15 is 0 Å². The smallest absolute Gasteiger partial charge is 0.422 e. The van der Waals surface area contributed by atoms with Crippen molar-refractivity contribution in [2.24, 2.45) is 0 Å². The Hall–Kier alpha value is -0.820. The van der Waals surface area contributed by atoms with Gasteiger partial charge in [-0.15, -0.1) is 0 Å². The number of rotatable bonds is 4. The molecule has 0 bridgehead atoms. The third-order valence-electron chi connectivity index (χ3n) is 1.66. The molecular formula is C9H20N2O4S. The van der Waals surface area contributed by atoms with Crippen LogP contribution in [0.4, 0.5) is 4.79 Å². The number of amides is 1. The number of carbonyl (C=O) groups excluding carboxylic acids is 1. The van der Waals surface area contributed by atoms with Gasteiger partial charge in [-0.25, -0.2) is 9.52 Å². The molecule has 1 amide bonds. The van der Waals surface area contributed by atoms with E-state index in [0.29, 0.717) is 13.1 Å². The molecule has 0 atom stereocenters. The van der Waals surface area contributed by atoms with Gasteiger partial charge in [0.1, 0.15) is 5.60 Å². The first-order valence-electron chi connectivity index (χ1n) is 5.13. The van der Waals surface area contributed by atoms with E-state index in [1.165, 1.54) is 0 Å². The highest BCUT2D eigenvalue weighted by Gasteiger charge is 2.24. The van der Waals surface area contributed by atoms with E-state index in [2.05, 4.69) is 0 Å².